The van der Waals surface area contributed by atoms with Gasteiger partial charge < -0.3 is 24.4 Å². The number of anilines is 1. The Labute approximate surface area is 311 Å². The molecule has 0 spiro atoms. The quantitative estimate of drug-likeness (QED) is 0.121. The summed E-state index contributed by atoms with van der Waals surface area (Å²) >= 11 is 0. The minimum Gasteiger partial charge on any atom is -0.508 e. The Kier molecular flexibility index (Phi) is 8.83. The number of benzene rings is 3. The van der Waals surface area contributed by atoms with Gasteiger partial charge in [-0.2, -0.15) is 15.1 Å². The molecule has 13 heteroatoms. The molecule has 5 aromatic rings. The third-order valence-corrected chi connectivity index (χ3v) is 12.0. The van der Waals surface area contributed by atoms with Crippen molar-refractivity contribution in [3.63, 3.8) is 0 Å². The lowest BCUT2D eigenvalue weighted by Gasteiger charge is -2.42. The topological polar surface area (TPSA) is 92.0 Å². The van der Waals surface area contributed by atoms with Crippen LogP contribution < -0.4 is 9.64 Å². The van der Waals surface area contributed by atoms with Crippen molar-refractivity contribution in [2.75, 3.05) is 71.2 Å². The van der Waals surface area contributed by atoms with Gasteiger partial charge in [-0.05, 0) is 61.3 Å². The number of aromatic hydroxyl groups is 1. The number of rotatable bonds is 12. The van der Waals surface area contributed by atoms with Crippen LogP contribution in [0.3, 0.4) is 0 Å². The van der Waals surface area contributed by atoms with Gasteiger partial charge in [0.2, 0.25) is 0 Å². The molecular weight excluding hydrogens is 695 g/mol. The Morgan fingerprint density at radius 3 is 2.50 bits per heavy atom. The van der Waals surface area contributed by atoms with Crippen LogP contribution in [0.1, 0.15) is 37.7 Å². The minimum absolute atomic E-state index is 0.0341. The van der Waals surface area contributed by atoms with E-state index in [0.29, 0.717) is 46.1 Å². The third kappa shape index (κ3) is 5.99. The molecule has 282 valence electrons. The maximum Gasteiger partial charge on any atom is 0.319 e. The first-order chi connectivity index (χ1) is 26.2. The van der Waals surface area contributed by atoms with Gasteiger partial charge in [0, 0.05) is 106 Å². The average molecular weight is 740 g/mol. The van der Waals surface area contributed by atoms with Crippen molar-refractivity contribution in [1.82, 2.24) is 29.5 Å². The number of aromatic nitrogens is 4. The second-order valence-corrected chi connectivity index (χ2v) is 15.9. The molecule has 0 radical (unpaired) electrons. The van der Waals surface area contributed by atoms with Gasteiger partial charge in [-0.1, -0.05) is 12.0 Å². The van der Waals surface area contributed by atoms with Crippen molar-refractivity contribution in [3.8, 4) is 35.2 Å². The number of likely N-dealkylation sites (tertiary alicyclic amines) is 2. The van der Waals surface area contributed by atoms with E-state index in [4.69, 9.17) is 31.0 Å². The summed E-state index contributed by atoms with van der Waals surface area (Å²) in [6.45, 7) is 5.69. The van der Waals surface area contributed by atoms with Crippen molar-refractivity contribution in [1.29, 1.82) is 0 Å². The number of halogens is 3. The molecule has 3 aliphatic heterocycles. The molecule has 9 rings (SSSR count). The molecule has 2 aromatic heterocycles. The molecule has 0 amide bonds. The largest absolute Gasteiger partial charge is 0.508 e. The van der Waals surface area contributed by atoms with Crippen LogP contribution in [0.25, 0.3) is 43.7 Å². The van der Waals surface area contributed by atoms with E-state index >= 15 is 8.78 Å². The van der Waals surface area contributed by atoms with E-state index in [-0.39, 0.29) is 64.1 Å². The summed E-state index contributed by atoms with van der Waals surface area (Å²) in [6, 6.07) is 6.03. The van der Waals surface area contributed by atoms with E-state index in [0.717, 1.165) is 71.4 Å². The summed E-state index contributed by atoms with van der Waals surface area (Å²) in [4.78, 5) is 17.0. The molecule has 10 nitrogen and oxygen atoms in total. The average Bonchev–Trinajstić information content (AvgIpc) is 3.72. The molecule has 4 fully saturated rings. The number of hydrogen-bond donors (Lipinski definition) is 1. The first-order valence-electron chi connectivity index (χ1n) is 18.9. The fourth-order valence-electron chi connectivity index (χ4n) is 9.25. The zero-order valence-corrected chi connectivity index (χ0v) is 30.6. The van der Waals surface area contributed by atoms with Crippen LogP contribution in [-0.4, -0.2) is 113 Å². The van der Waals surface area contributed by atoms with E-state index in [2.05, 4.69) is 20.6 Å². The first kappa shape index (κ1) is 35.1. The molecule has 1 aliphatic carbocycles. The van der Waals surface area contributed by atoms with Gasteiger partial charge in [-0.3, -0.25) is 14.0 Å². The number of phenols is 1. The fourth-order valence-corrected chi connectivity index (χ4v) is 9.25. The Bertz CT molecular complexity index is 2300. The number of aryl methyl sites for hydroxylation is 1. The standard InChI is InChI=1S/C41H44F3N7O3/c1-4-29-32(43)9-6-25-14-28(52)15-30(33(25)29)34-36(44)38-35(31-21-48(2)47-37(31)34)39(51-26-7-8-27(51)20-49(19-26)12-5-13-53-3)46-40(45-38)54-23-41(10-11-41)22-50-17-24(16-42)18-50/h1,6,9,14-15,21,24,26-27,52H,5,7-8,10-13,16-20,22-23H2,2-3H3/t26-,27+. The van der Waals surface area contributed by atoms with Crippen LogP contribution in [0.2, 0.25) is 0 Å². The molecule has 54 heavy (non-hydrogen) atoms. The highest BCUT2D eigenvalue weighted by Gasteiger charge is 2.47. The first-order valence-corrected chi connectivity index (χ1v) is 18.9. The van der Waals surface area contributed by atoms with E-state index in [1.54, 1.807) is 18.8 Å². The van der Waals surface area contributed by atoms with E-state index in [9.17, 15) is 9.50 Å². The summed E-state index contributed by atoms with van der Waals surface area (Å²) in [5, 5.41) is 17.6. The van der Waals surface area contributed by atoms with Gasteiger partial charge >= 0.3 is 6.01 Å². The predicted molar refractivity (Wildman–Crippen MR) is 202 cm³/mol. The zero-order chi connectivity index (χ0) is 37.3. The summed E-state index contributed by atoms with van der Waals surface area (Å²) in [5.74, 6) is 1.72. The molecular formula is C41H44F3N7O3. The monoisotopic (exact) mass is 739 g/mol. The van der Waals surface area contributed by atoms with Crippen molar-refractivity contribution in [3.05, 3.63) is 47.7 Å². The van der Waals surface area contributed by atoms with Crippen LogP contribution in [0.4, 0.5) is 19.0 Å². The van der Waals surface area contributed by atoms with Crippen LogP contribution in [0.5, 0.6) is 11.8 Å². The molecule has 2 bridgehead atoms. The van der Waals surface area contributed by atoms with E-state index in [1.165, 1.54) is 24.3 Å². The Balaban J connectivity index is 1.20. The number of nitrogens with zero attached hydrogens (tertiary/aromatic N) is 7. The molecule has 1 N–H and O–H groups in total. The lowest BCUT2D eigenvalue weighted by Crippen LogP contribution is -2.54. The van der Waals surface area contributed by atoms with Gasteiger partial charge in [0.25, 0.3) is 0 Å². The highest BCUT2D eigenvalue weighted by molar-refractivity contribution is 6.18. The molecule has 5 heterocycles. The number of phenolic OH excluding ortho intramolecular Hbond substituents is 1. The summed E-state index contributed by atoms with van der Waals surface area (Å²) in [5.41, 5.74) is 0.533. The molecule has 3 aromatic carbocycles. The van der Waals surface area contributed by atoms with Crippen molar-refractivity contribution >= 4 is 38.4 Å². The Hall–Kier alpha value is -4.64. The van der Waals surface area contributed by atoms with Crippen LogP contribution in [0.15, 0.2) is 30.5 Å². The molecule has 0 unspecified atom stereocenters. The second kappa shape index (κ2) is 13.6. The highest BCUT2D eigenvalue weighted by Crippen LogP contribution is 2.49. The molecule has 3 saturated heterocycles. The number of methoxy groups -OCH3 is 1. The van der Waals surface area contributed by atoms with Crippen LogP contribution in [0, 0.1) is 35.3 Å². The molecule has 1 saturated carbocycles. The van der Waals surface area contributed by atoms with Crippen molar-refractivity contribution in [2.45, 2.75) is 44.2 Å². The van der Waals surface area contributed by atoms with Gasteiger partial charge in [0.15, 0.2) is 5.82 Å². The number of terminal acetylenes is 1. The normalized spacial score (nSPS) is 21.3. The Morgan fingerprint density at radius 1 is 1.02 bits per heavy atom. The SMILES string of the molecule is C#Cc1c(F)ccc2cc(O)cc(-c3c(F)c4nc(OCC5(CN6CC(CF)C6)CC5)nc(N5[C@@H]6CC[C@H]5CN(CCCOC)C6)c4c4cn(C)nc34)c12. The smallest absolute Gasteiger partial charge is 0.319 e. The summed E-state index contributed by atoms with van der Waals surface area (Å²) in [6.07, 6.45) is 12.5. The number of fused-ring (bicyclic) bond motifs is 6. The second-order valence-electron chi connectivity index (χ2n) is 15.9. The molecule has 4 aliphatic rings. The number of ether oxygens (including phenoxy) is 2. The number of alkyl halides is 1. The molecule has 2 atom stereocenters. The van der Waals surface area contributed by atoms with E-state index < -0.39 is 11.6 Å². The maximum absolute atomic E-state index is 17.7. The zero-order valence-electron chi connectivity index (χ0n) is 30.6. The Morgan fingerprint density at radius 2 is 1.80 bits per heavy atom. The summed E-state index contributed by atoms with van der Waals surface area (Å²) < 4.78 is 59.5. The van der Waals surface area contributed by atoms with E-state index in [1.807, 2.05) is 6.20 Å². The van der Waals surface area contributed by atoms with Crippen LogP contribution in [-0.2, 0) is 11.8 Å². The van der Waals surface area contributed by atoms with Crippen molar-refractivity contribution < 1.29 is 27.8 Å². The van der Waals surface area contributed by atoms with Crippen LogP contribution >= 0.6 is 0 Å². The van der Waals surface area contributed by atoms with Gasteiger partial charge in [-0.25, -0.2) is 8.78 Å². The van der Waals surface area contributed by atoms with Gasteiger partial charge in [0.1, 0.15) is 28.4 Å². The summed E-state index contributed by atoms with van der Waals surface area (Å²) in [7, 11) is 3.49. The van der Waals surface area contributed by atoms with Crippen molar-refractivity contribution in [2.24, 2.45) is 18.4 Å². The third-order valence-electron chi connectivity index (χ3n) is 12.0. The highest BCUT2D eigenvalue weighted by atomic mass is 19.1. The predicted octanol–water partition coefficient (Wildman–Crippen LogP) is 6.05. The minimum atomic E-state index is -0.687. The fraction of sp³-hybridized carbons (Fsp3) is 0.488. The van der Waals surface area contributed by atoms with Gasteiger partial charge in [0.05, 0.1) is 24.2 Å². The number of hydrogen-bond acceptors (Lipinski definition) is 9. The lowest BCUT2D eigenvalue weighted by molar-refractivity contribution is 0.0477. The maximum atomic E-state index is 17.7. The number of piperazine rings is 1. The van der Waals surface area contributed by atoms with Gasteiger partial charge in [-0.15, -0.1) is 6.42 Å². The lowest BCUT2D eigenvalue weighted by atomic mass is 9.91.